The summed E-state index contributed by atoms with van der Waals surface area (Å²) in [5.74, 6) is 1.67. The van der Waals surface area contributed by atoms with E-state index in [-0.39, 0.29) is 0 Å². The van der Waals surface area contributed by atoms with E-state index in [0.717, 1.165) is 47.5 Å². The summed E-state index contributed by atoms with van der Waals surface area (Å²) in [6, 6.07) is 7.90. The number of benzene rings is 1. The molecule has 3 aromatic rings. The van der Waals surface area contributed by atoms with Crippen LogP contribution in [0, 0.1) is 0 Å². The van der Waals surface area contributed by atoms with Gasteiger partial charge in [-0.05, 0) is 25.0 Å². The van der Waals surface area contributed by atoms with E-state index in [4.69, 9.17) is 21.6 Å². The standard InChI is InChI=1S/C23H25ClN4S/c24-19-8-6-17(7-9-19)23-26-13-20(29-23)15-28-11-10-21-18(14-28)12-25-22(27-21)16-4-2-1-3-5-16/h6-9,12-13,16H,1-5,10-11,14-15H2. The summed E-state index contributed by atoms with van der Waals surface area (Å²) in [6.45, 7) is 2.89. The second-order valence-electron chi connectivity index (χ2n) is 8.13. The van der Waals surface area contributed by atoms with Crippen LogP contribution < -0.4 is 0 Å². The van der Waals surface area contributed by atoms with Crippen LogP contribution in [-0.2, 0) is 19.5 Å². The van der Waals surface area contributed by atoms with Gasteiger partial charge in [0.15, 0.2) is 0 Å². The maximum Gasteiger partial charge on any atom is 0.131 e. The van der Waals surface area contributed by atoms with Gasteiger partial charge in [-0.3, -0.25) is 4.90 Å². The van der Waals surface area contributed by atoms with E-state index in [0.29, 0.717) is 5.92 Å². The molecule has 0 spiro atoms. The van der Waals surface area contributed by atoms with E-state index in [1.165, 1.54) is 48.2 Å². The number of hydrogen-bond acceptors (Lipinski definition) is 5. The van der Waals surface area contributed by atoms with Crippen molar-refractivity contribution < 1.29 is 0 Å². The number of halogens is 1. The predicted molar refractivity (Wildman–Crippen MR) is 118 cm³/mol. The lowest BCUT2D eigenvalue weighted by molar-refractivity contribution is 0.244. The monoisotopic (exact) mass is 424 g/mol. The average molecular weight is 425 g/mol. The first-order chi connectivity index (χ1) is 14.2. The molecular formula is C23H25ClN4S. The van der Waals surface area contributed by atoms with Crippen molar-refractivity contribution in [2.24, 2.45) is 0 Å². The second-order valence-corrected chi connectivity index (χ2v) is 9.69. The van der Waals surface area contributed by atoms with Crippen molar-refractivity contribution >= 4 is 22.9 Å². The zero-order valence-corrected chi connectivity index (χ0v) is 18.1. The Bertz CT molecular complexity index is 979. The molecule has 0 N–H and O–H groups in total. The Morgan fingerprint density at radius 2 is 1.86 bits per heavy atom. The lowest BCUT2D eigenvalue weighted by Gasteiger charge is -2.28. The zero-order valence-electron chi connectivity index (χ0n) is 16.5. The number of aromatic nitrogens is 3. The molecule has 5 rings (SSSR count). The lowest BCUT2D eigenvalue weighted by Crippen LogP contribution is -2.31. The third-order valence-electron chi connectivity index (χ3n) is 6.03. The smallest absolute Gasteiger partial charge is 0.131 e. The van der Waals surface area contributed by atoms with Gasteiger partial charge >= 0.3 is 0 Å². The van der Waals surface area contributed by atoms with Crippen LogP contribution in [0.25, 0.3) is 10.6 Å². The molecule has 0 unspecified atom stereocenters. The van der Waals surface area contributed by atoms with Gasteiger partial charge in [0.25, 0.3) is 0 Å². The van der Waals surface area contributed by atoms with Gasteiger partial charge in [-0.25, -0.2) is 15.0 Å². The van der Waals surface area contributed by atoms with Crippen LogP contribution in [0.15, 0.2) is 36.7 Å². The van der Waals surface area contributed by atoms with Crippen LogP contribution >= 0.6 is 22.9 Å². The first-order valence-corrected chi connectivity index (χ1v) is 11.7. The Kier molecular flexibility index (Phi) is 5.62. The number of fused-ring (bicyclic) bond motifs is 1. The fraction of sp³-hybridized carbons (Fsp3) is 0.435. The van der Waals surface area contributed by atoms with Gasteiger partial charge in [-0.15, -0.1) is 11.3 Å². The van der Waals surface area contributed by atoms with Crippen LogP contribution in [0.3, 0.4) is 0 Å². The van der Waals surface area contributed by atoms with E-state index in [1.807, 2.05) is 30.5 Å². The van der Waals surface area contributed by atoms with E-state index in [2.05, 4.69) is 16.1 Å². The average Bonchev–Trinajstić information content (AvgIpc) is 3.23. The number of thiazole rings is 1. The molecule has 2 aromatic heterocycles. The van der Waals surface area contributed by atoms with Crippen LogP contribution in [0.2, 0.25) is 5.02 Å². The summed E-state index contributed by atoms with van der Waals surface area (Å²) >= 11 is 7.76. The third-order valence-corrected chi connectivity index (χ3v) is 7.31. The normalized spacial score (nSPS) is 18.0. The van der Waals surface area contributed by atoms with Crippen molar-refractivity contribution in [1.29, 1.82) is 0 Å². The quantitative estimate of drug-likeness (QED) is 0.526. The van der Waals surface area contributed by atoms with Crippen LogP contribution in [0.5, 0.6) is 0 Å². The third kappa shape index (κ3) is 4.37. The van der Waals surface area contributed by atoms with Gasteiger partial charge in [-0.1, -0.05) is 43.0 Å². The van der Waals surface area contributed by atoms with Crippen LogP contribution in [-0.4, -0.2) is 26.4 Å². The largest absolute Gasteiger partial charge is 0.293 e. The fourth-order valence-corrected chi connectivity index (χ4v) is 5.50. The molecule has 1 aliphatic heterocycles. The second kappa shape index (κ2) is 8.50. The minimum Gasteiger partial charge on any atom is -0.293 e. The Hall–Kier alpha value is -1.82. The minimum absolute atomic E-state index is 0.579. The van der Waals surface area contributed by atoms with E-state index in [1.54, 1.807) is 11.3 Å². The molecule has 1 fully saturated rings. The predicted octanol–water partition coefficient (Wildman–Crippen LogP) is 5.86. The van der Waals surface area contributed by atoms with E-state index in [9.17, 15) is 0 Å². The highest BCUT2D eigenvalue weighted by Crippen LogP contribution is 2.32. The topological polar surface area (TPSA) is 41.9 Å². The number of rotatable bonds is 4. The Morgan fingerprint density at radius 3 is 2.69 bits per heavy atom. The number of nitrogens with zero attached hydrogens (tertiary/aromatic N) is 4. The molecule has 2 aliphatic rings. The summed E-state index contributed by atoms with van der Waals surface area (Å²) in [5.41, 5.74) is 3.68. The highest BCUT2D eigenvalue weighted by atomic mass is 35.5. The van der Waals surface area contributed by atoms with Crippen LogP contribution in [0.4, 0.5) is 0 Å². The summed E-state index contributed by atoms with van der Waals surface area (Å²) in [4.78, 5) is 18.1. The van der Waals surface area contributed by atoms with Crippen molar-refractivity contribution in [2.45, 2.75) is 57.5 Å². The number of hydrogen-bond donors (Lipinski definition) is 0. The van der Waals surface area contributed by atoms with Crippen molar-refractivity contribution in [3.8, 4) is 10.6 Å². The van der Waals surface area contributed by atoms with Crippen molar-refractivity contribution in [3.63, 3.8) is 0 Å². The van der Waals surface area contributed by atoms with Crippen molar-refractivity contribution in [3.05, 3.63) is 63.6 Å². The lowest BCUT2D eigenvalue weighted by atomic mass is 9.88. The molecular weight excluding hydrogens is 400 g/mol. The van der Waals surface area contributed by atoms with Gasteiger partial charge in [0.2, 0.25) is 0 Å². The van der Waals surface area contributed by atoms with Crippen molar-refractivity contribution in [1.82, 2.24) is 19.9 Å². The SMILES string of the molecule is Clc1ccc(-c2ncc(CN3CCc4nc(C5CCCCC5)ncc4C3)s2)cc1. The molecule has 3 heterocycles. The molecule has 0 radical (unpaired) electrons. The zero-order chi connectivity index (χ0) is 19.6. The summed E-state index contributed by atoms with van der Waals surface area (Å²) in [6.07, 6.45) is 11.6. The Labute approximate surface area is 181 Å². The fourth-order valence-electron chi connectivity index (χ4n) is 4.41. The molecule has 6 heteroatoms. The van der Waals surface area contributed by atoms with Gasteiger partial charge in [0, 0.05) is 71.1 Å². The molecule has 150 valence electrons. The Morgan fingerprint density at radius 1 is 1.03 bits per heavy atom. The highest BCUT2D eigenvalue weighted by molar-refractivity contribution is 7.15. The Balaban J connectivity index is 1.25. The van der Waals surface area contributed by atoms with Gasteiger partial charge < -0.3 is 0 Å². The van der Waals surface area contributed by atoms with Crippen molar-refractivity contribution in [2.75, 3.05) is 6.54 Å². The van der Waals surface area contributed by atoms with Gasteiger partial charge in [0.1, 0.15) is 10.8 Å². The maximum atomic E-state index is 5.99. The molecule has 4 nitrogen and oxygen atoms in total. The molecule has 0 amide bonds. The van der Waals surface area contributed by atoms with E-state index < -0.39 is 0 Å². The molecule has 0 atom stereocenters. The summed E-state index contributed by atoms with van der Waals surface area (Å²) < 4.78 is 0. The minimum atomic E-state index is 0.579. The first kappa shape index (κ1) is 19.2. The maximum absolute atomic E-state index is 5.99. The van der Waals surface area contributed by atoms with E-state index >= 15 is 0 Å². The molecule has 0 bridgehead atoms. The van der Waals surface area contributed by atoms with Crippen LogP contribution in [0.1, 0.15) is 60.0 Å². The highest BCUT2D eigenvalue weighted by Gasteiger charge is 2.23. The first-order valence-electron chi connectivity index (χ1n) is 10.5. The van der Waals surface area contributed by atoms with Gasteiger partial charge in [0.05, 0.1) is 0 Å². The molecule has 0 saturated heterocycles. The molecule has 29 heavy (non-hydrogen) atoms. The molecule has 1 saturated carbocycles. The van der Waals surface area contributed by atoms with Gasteiger partial charge in [-0.2, -0.15) is 0 Å². The molecule has 1 aromatic carbocycles. The summed E-state index contributed by atoms with van der Waals surface area (Å²) in [5, 5.41) is 1.81. The summed E-state index contributed by atoms with van der Waals surface area (Å²) in [7, 11) is 0. The molecule has 1 aliphatic carbocycles.